The predicted octanol–water partition coefficient (Wildman–Crippen LogP) is 5.48. The van der Waals surface area contributed by atoms with Gasteiger partial charge >= 0.3 is 0 Å². The van der Waals surface area contributed by atoms with Crippen LogP contribution in [0.1, 0.15) is 5.56 Å². The number of halogens is 2. The van der Waals surface area contributed by atoms with Crippen LogP contribution in [-0.2, 0) is 15.8 Å². The summed E-state index contributed by atoms with van der Waals surface area (Å²) in [5.74, 6) is 0.789. The zero-order valence-corrected chi connectivity index (χ0v) is 16.5. The monoisotopic (exact) mass is 424 g/mol. The van der Waals surface area contributed by atoms with Gasteiger partial charge in [-0.2, -0.15) is 0 Å². The van der Waals surface area contributed by atoms with Gasteiger partial charge in [-0.05, 0) is 48.0 Å². The number of benzene rings is 2. The smallest absolute Gasteiger partial charge is 0.263 e. The lowest BCUT2D eigenvalue weighted by molar-refractivity contribution is 0.601. The van der Waals surface area contributed by atoms with E-state index in [1.165, 1.54) is 12.1 Å². The second-order valence-corrected chi connectivity index (χ2v) is 8.82. The van der Waals surface area contributed by atoms with E-state index >= 15 is 0 Å². The molecule has 3 rings (SSSR count). The second kappa shape index (κ2) is 8.31. The first-order chi connectivity index (χ1) is 12.5. The molecule has 0 aliphatic rings. The van der Waals surface area contributed by atoms with Crippen LogP contribution in [0.5, 0.6) is 0 Å². The summed E-state index contributed by atoms with van der Waals surface area (Å²) >= 11 is 13.6. The van der Waals surface area contributed by atoms with Crippen molar-refractivity contribution in [3.05, 3.63) is 82.6 Å². The van der Waals surface area contributed by atoms with Crippen LogP contribution in [0.2, 0.25) is 10.0 Å². The second-order valence-electron chi connectivity index (χ2n) is 5.33. The fraction of sp³-hybridized carbons (Fsp3) is 0.0556. The molecule has 1 aromatic heterocycles. The van der Waals surface area contributed by atoms with Crippen molar-refractivity contribution in [3.63, 3.8) is 0 Å². The SMILES string of the molecule is O=S(=O)(Nc1ccc(SCc2cccnc2)cc1)c1cccc(Cl)c1Cl. The normalized spacial score (nSPS) is 11.3. The minimum absolute atomic E-state index is 0.00492. The van der Waals surface area contributed by atoms with Gasteiger partial charge in [0.05, 0.1) is 10.0 Å². The molecular weight excluding hydrogens is 411 g/mol. The highest BCUT2D eigenvalue weighted by Gasteiger charge is 2.19. The summed E-state index contributed by atoms with van der Waals surface area (Å²) in [4.78, 5) is 5.05. The van der Waals surface area contributed by atoms with E-state index in [4.69, 9.17) is 23.2 Å². The van der Waals surface area contributed by atoms with Gasteiger partial charge in [0.1, 0.15) is 4.90 Å². The average molecular weight is 425 g/mol. The Kier molecular flexibility index (Phi) is 6.09. The Balaban J connectivity index is 1.70. The van der Waals surface area contributed by atoms with Crippen LogP contribution in [0.15, 0.2) is 76.8 Å². The van der Waals surface area contributed by atoms with Gasteiger partial charge in [-0.15, -0.1) is 11.8 Å². The van der Waals surface area contributed by atoms with Crippen LogP contribution >= 0.6 is 35.0 Å². The minimum atomic E-state index is -3.82. The van der Waals surface area contributed by atoms with Crippen molar-refractivity contribution in [2.24, 2.45) is 0 Å². The molecule has 134 valence electrons. The summed E-state index contributed by atoms with van der Waals surface area (Å²) in [5.41, 5.74) is 1.57. The van der Waals surface area contributed by atoms with Crippen molar-refractivity contribution in [3.8, 4) is 0 Å². The Bertz CT molecular complexity index is 995. The summed E-state index contributed by atoms with van der Waals surface area (Å²) in [6.45, 7) is 0. The highest BCUT2D eigenvalue weighted by Crippen LogP contribution is 2.30. The standard InChI is InChI=1S/C18H14Cl2N2O2S2/c19-16-4-1-5-17(18(16)20)26(23,24)22-14-6-8-15(9-7-14)25-12-13-3-2-10-21-11-13/h1-11,22H,12H2. The van der Waals surface area contributed by atoms with Gasteiger partial charge in [-0.3, -0.25) is 9.71 Å². The highest BCUT2D eigenvalue weighted by molar-refractivity contribution is 7.98. The molecule has 2 aromatic carbocycles. The maximum absolute atomic E-state index is 12.5. The quantitative estimate of drug-likeness (QED) is 0.532. The third-order valence-electron chi connectivity index (χ3n) is 3.44. The number of nitrogens with zero attached hydrogens (tertiary/aromatic N) is 1. The highest BCUT2D eigenvalue weighted by atomic mass is 35.5. The summed E-state index contributed by atoms with van der Waals surface area (Å²) in [6, 6.07) is 15.5. The number of anilines is 1. The Morgan fingerprint density at radius 2 is 1.77 bits per heavy atom. The molecule has 0 atom stereocenters. The third kappa shape index (κ3) is 4.71. The van der Waals surface area contributed by atoms with Gasteiger partial charge in [0.2, 0.25) is 0 Å². The van der Waals surface area contributed by atoms with Gasteiger partial charge in [0, 0.05) is 28.7 Å². The van der Waals surface area contributed by atoms with E-state index in [1.807, 2.05) is 30.5 Å². The van der Waals surface area contributed by atoms with Crippen molar-refractivity contribution < 1.29 is 8.42 Å². The minimum Gasteiger partial charge on any atom is -0.280 e. The molecule has 0 radical (unpaired) electrons. The number of hydrogen-bond acceptors (Lipinski definition) is 4. The lowest BCUT2D eigenvalue weighted by Crippen LogP contribution is -2.13. The molecular formula is C18H14Cl2N2O2S2. The van der Waals surface area contributed by atoms with E-state index < -0.39 is 10.0 Å². The van der Waals surface area contributed by atoms with E-state index in [-0.39, 0.29) is 14.9 Å². The Hall–Kier alpha value is -1.73. The number of nitrogens with one attached hydrogen (secondary N) is 1. The van der Waals surface area contributed by atoms with Gasteiger partial charge in [0.25, 0.3) is 10.0 Å². The molecule has 0 fully saturated rings. The van der Waals surface area contributed by atoms with Crippen molar-refractivity contribution in [1.29, 1.82) is 0 Å². The maximum Gasteiger partial charge on any atom is 0.263 e. The molecule has 0 unspecified atom stereocenters. The van der Waals surface area contributed by atoms with E-state index in [1.54, 1.807) is 36.2 Å². The number of pyridine rings is 1. The summed E-state index contributed by atoms with van der Waals surface area (Å²) in [6.07, 6.45) is 3.56. The average Bonchev–Trinajstić information content (AvgIpc) is 2.64. The van der Waals surface area contributed by atoms with E-state index in [0.29, 0.717) is 5.69 Å². The third-order valence-corrected chi connectivity index (χ3v) is 6.88. The molecule has 1 heterocycles. The molecule has 0 saturated heterocycles. The molecule has 26 heavy (non-hydrogen) atoms. The first-order valence-corrected chi connectivity index (χ1v) is 10.8. The van der Waals surface area contributed by atoms with Crippen molar-refractivity contribution in [1.82, 2.24) is 4.98 Å². The van der Waals surface area contributed by atoms with Crippen molar-refractivity contribution in [2.45, 2.75) is 15.5 Å². The number of hydrogen-bond donors (Lipinski definition) is 1. The Labute approximate surface area is 166 Å². The summed E-state index contributed by atoms with van der Waals surface area (Å²) < 4.78 is 27.5. The molecule has 0 amide bonds. The molecule has 1 N–H and O–H groups in total. The van der Waals surface area contributed by atoms with Gasteiger partial charge in [-0.25, -0.2) is 8.42 Å². The Morgan fingerprint density at radius 3 is 2.46 bits per heavy atom. The largest absolute Gasteiger partial charge is 0.280 e. The molecule has 0 aliphatic carbocycles. The van der Waals surface area contributed by atoms with Crippen LogP contribution < -0.4 is 4.72 Å². The topological polar surface area (TPSA) is 59.1 Å². The molecule has 0 aliphatic heterocycles. The van der Waals surface area contributed by atoms with Gasteiger partial charge in [0.15, 0.2) is 0 Å². The van der Waals surface area contributed by atoms with Crippen LogP contribution in [0, 0.1) is 0 Å². The van der Waals surface area contributed by atoms with Crippen LogP contribution in [0.25, 0.3) is 0 Å². The summed E-state index contributed by atoms with van der Waals surface area (Å²) in [7, 11) is -3.82. The number of thioether (sulfide) groups is 1. The summed E-state index contributed by atoms with van der Waals surface area (Å²) in [5, 5.41) is 0.196. The lowest BCUT2D eigenvalue weighted by atomic mass is 10.3. The Morgan fingerprint density at radius 1 is 1.00 bits per heavy atom. The van der Waals surface area contributed by atoms with Crippen molar-refractivity contribution >= 4 is 50.7 Å². The molecule has 4 nitrogen and oxygen atoms in total. The predicted molar refractivity (Wildman–Crippen MR) is 108 cm³/mol. The fourth-order valence-corrected chi connectivity index (χ4v) is 4.82. The van der Waals surface area contributed by atoms with E-state index in [9.17, 15) is 8.42 Å². The zero-order chi connectivity index (χ0) is 18.6. The number of rotatable bonds is 6. The first kappa shape index (κ1) is 19.0. The zero-order valence-electron chi connectivity index (χ0n) is 13.4. The molecule has 8 heteroatoms. The van der Waals surface area contributed by atoms with Crippen LogP contribution in [-0.4, -0.2) is 13.4 Å². The van der Waals surface area contributed by atoms with Crippen LogP contribution in [0.4, 0.5) is 5.69 Å². The molecule has 0 spiro atoms. The number of sulfonamides is 1. The van der Waals surface area contributed by atoms with E-state index in [0.717, 1.165) is 16.2 Å². The van der Waals surface area contributed by atoms with Crippen LogP contribution in [0.3, 0.4) is 0 Å². The number of aromatic nitrogens is 1. The van der Waals surface area contributed by atoms with Gasteiger partial charge < -0.3 is 0 Å². The maximum atomic E-state index is 12.5. The fourth-order valence-electron chi connectivity index (χ4n) is 2.17. The van der Waals surface area contributed by atoms with E-state index in [2.05, 4.69) is 9.71 Å². The van der Waals surface area contributed by atoms with Gasteiger partial charge in [-0.1, -0.05) is 35.3 Å². The molecule has 0 saturated carbocycles. The lowest BCUT2D eigenvalue weighted by Gasteiger charge is -2.10. The molecule has 3 aromatic rings. The molecule has 0 bridgehead atoms. The first-order valence-electron chi connectivity index (χ1n) is 7.54. The van der Waals surface area contributed by atoms with Crippen molar-refractivity contribution in [2.75, 3.05) is 4.72 Å².